The van der Waals surface area contributed by atoms with Crippen LogP contribution in [0.3, 0.4) is 0 Å². The predicted octanol–water partition coefficient (Wildman–Crippen LogP) is 2.87. The van der Waals surface area contributed by atoms with Gasteiger partial charge in [-0.25, -0.2) is 8.42 Å². The Labute approximate surface area is 146 Å². The lowest BCUT2D eigenvalue weighted by atomic mass is 10.1. The van der Waals surface area contributed by atoms with Gasteiger partial charge < -0.3 is 10.2 Å². The molecule has 0 unspecified atom stereocenters. The maximum atomic E-state index is 12.1. The van der Waals surface area contributed by atoms with Gasteiger partial charge in [0.2, 0.25) is 0 Å². The minimum atomic E-state index is -3.22. The number of hydrogen-bond acceptors (Lipinski definition) is 4. The number of anilines is 1. The highest BCUT2D eigenvalue weighted by Crippen LogP contribution is 2.16. The summed E-state index contributed by atoms with van der Waals surface area (Å²) in [5.74, 6) is -0.301. The molecule has 0 radical (unpaired) electrons. The first-order valence-corrected chi connectivity index (χ1v) is 10.1. The summed E-state index contributed by atoms with van der Waals surface area (Å²) in [7, 11) is -3.22. The maximum absolute atomic E-state index is 12.1. The molecule has 1 aromatic rings. The van der Waals surface area contributed by atoms with Crippen molar-refractivity contribution in [2.75, 3.05) is 30.3 Å². The van der Waals surface area contributed by atoms with Gasteiger partial charge in [-0.05, 0) is 58.4 Å². The highest BCUT2D eigenvalue weighted by molar-refractivity contribution is 7.92. The topological polar surface area (TPSA) is 66.5 Å². The molecule has 5 nitrogen and oxygen atoms in total. The van der Waals surface area contributed by atoms with Crippen molar-refractivity contribution in [1.29, 1.82) is 0 Å². The molecule has 0 fully saturated rings. The average molecular weight is 355 g/mol. The maximum Gasteiger partial charge on any atom is 0.251 e. The molecule has 0 aliphatic rings. The van der Waals surface area contributed by atoms with Gasteiger partial charge in [-0.15, -0.1) is 0 Å². The molecule has 0 atom stereocenters. The van der Waals surface area contributed by atoms with E-state index >= 15 is 0 Å². The van der Waals surface area contributed by atoms with Gasteiger partial charge in [-0.2, -0.15) is 0 Å². The van der Waals surface area contributed by atoms with Crippen molar-refractivity contribution in [1.82, 2.24) is 5.32 Å². The summed E-state index contributed by atoms with van der Waals surface area (Å²) in [6, 6.07) is 7.42. The van der Waals surface area contributed by atoms with E-state index in [1.807, 2.05) is 12.1 Å². The molecule has 0 aliphatic carbocycles. The highest BCUT2D eigenvalue weighted by Gasteiger charge is 2.28. The van der Waals surface area contributed by atoms with Gasteiger partial charge in [0.25, 0.3) is 5.91 Å². The van der Waals surface area contributed by atoms with Crippen molar-refractivity contribution in [2.45, 2.75) is 45.8 Å². The molecule has 0 bridgehead atoms. The Hall–Kier alpha value is -1.56. The van der Waals surface area contributed by atoms with E-state index in [4.69, 9.17) is 0 Å². The van der Waals surface area contributed by atoms with Crippen molar-refractivity contribution in [3.05, 3.63) is 29.8 Å². The van der Waals surface area contributed by atoms with Crippen LogP contribution in [0.2, 0.25) is 0 Å². The Kier molecular flexibility index (Phi) is 7.27. The zero-order valence-corrected chi connectivity index (χ0v) is 16.2. The van der Waals surface area contributed by atoms with Gasteiger partial charge in [0.05, 0.1) is 10.5 Å². The number of rotatable bonds is 8. The van der Waals surface area contributed by atoms with Crippen LogP contribution in [0, 0.1) is 0 Å². The third-order valence-electron chi connectivity index (χ3n) is 3.96. The molecule has 1 rings (SSSR count). The largest absolute Gasteiger partial charge is 0.372 e. The summed E-state index contributed by atoms with van der Waals surface area (Å²) in [4.78, 5) is 14.4. The lowest BCUT2D eigenvalue weighted by Crippen LogP contribution is -2.36. The van der Waals surface area contributed by atoms with Gasteiger partial charge in [0.1, 0.15) is 0 Å². The van der Waals surface area contributed by atoms with Crippen LogP contribution in [0.4, 0.5) is 5.69 Å². The number of amides is 1. The third-order valence-corrected chi connectivity index (χ3v) is 6.57. The molecular formula is C18H30N2O3S. The molecule has 0 aromatic heterocycles. The summed E-state index contributed by atoms with van der Waals surface area (Å²) < 4.78 is 23.3. The first kappa shape index (κ1) is 20.5. The number of hydrogen-bond donors (Lipinski definition) is 1. The third kappa shape index (κ3) is 5.51. The van der Waals surface area contributed by atoms with Crippen molar-refractivity contribution < 1.29 is 13.2 Å². The van der Waals surface area contributed by atoms with E-state index in [9.17, 15) is 13.2 Å². The van der Waals surface area contributed by atoms with Crippen LogP contribution in [-0.2, 0) is 9.84 Å². The van der Waals surface area contributed by atoms with E-state index in [2.05, 4.69) is 24.1 Å². The molecule has 24 heavy (non-hydrogen) atoms. The van der Waals surface area contributed by atoms with E-state index in [1.54, 1.807) is 32.9 Å². The second kappa shape index (κ2) is 8.51. The lowest BCUT2D eigenvalue weighted by Gasteiger charge is -2.22. The number of nitrogens with zero attached hydrogens (tertiary/aromatic N) is 1. The fourth-order valence-corrected chi connectivity index (χ4v) is 3.25. The van der Waals surface area contributed by atoms with Crippen LogP contribution < -0.4 is 10.2 Å². The van der Waals surface area contributed by atoms with Gasteiger partial charge >= 0.3 is 0 Å². The van der Waals surface area contributed by atoms with E-state index in [1.165, 1.54) is 0 Å². The van der Waals surface area contributed by atoms with Crippen molar-refractivity contribution >= 4 is 21.4 Å². The molecule has 1 aromatic carbocycles. The molecule has 6 heteroatoms. The summed E-state index contributed by atoms with van der Waals surface area (Å²) in [5, 5.41) is 2.68. The highest BCUT2D eigenvalue weighted by atomic mass is 32.2. The van der Waals surface area contributed by atoms with Crippen LogP contribution in [0.1, 0.15) is 51.4 Å². The molecule has 0 saturated carbocycles. The van der Waals surface area contributed by atoms with E-state index in [0.717, 1.165) is 25.2 Å². The minimum Gasteiger partial charge on any atom is -0.372 e. The monoisotopic (exact) mass is 354 g/mol. The first-order chi connectivity index (χ1) is 11.1. The summed E-state index contributed by atoms with van der Waals surface area (Å²) >= 11 is 0. The van der Waals surface area contributed by atoms with Crippen molar-refractivity contribution in [3.63, 3.8) is 0 Å². The smallest absolute Gasteiger partial charge is 0.251 e. The van der Waals surface area contributed by atoms with Gasteiger partial charge in [0.15, 0.2) is 9.84 Å². The number of carbonyl (C=O) groups is 1. The van der Waals surface area contributed by atoms with Gasteiger partial charge in [0, 0.05) is 30.9 Å². The fraction of sp³-hybridized carbons (Fsp3) is 0.611. The molecule has 0 heterocycles. The Bertz CT molecular complexity index is 631. The quantitative estimate of drug-likeness (QED) is 0.779. The second-order valence-corrected chi connectivity index (χ2v) is 9.68. The zero-order chi connectivity index (χ0) is 18.4. The van der Waals surface area contributed by atoms with E-state index < -0.39 is 14.6 Å². The normalized spacial score (nSPS) is 12.0. The Morgan fingerprint density at radius 2 is 1.71 bits per heavy atom. The fourth-order valence-electron chi connectivity index (χ4n) is 2.27. The van der Waals surface area contributed by atoms with Crippen LogP contribution >= 0.6 is 0 Å². The molecular weight excluding hydrogens is 324 g/mol. The molecule has 136 valence electrons. The second-order valence-electron chi connectivity index (χ2n) is 6.81. The van der Waals surface area contributed by atoms with Crippen LogP contribution in [0.25, 0.3) is 0 Å². The molecule has 0 spiro atoms. The van der Waals surface area contributed by atoms with Crippen molar-refractivity contribution in [3.8, 4) is 0 Å². The van der Waals surface area contributed by atoms with Crippen LogP contribution in [0.15, 0.2) is 24.3 Å². The number of nitrogens with one attached hydrogen (secondary N) is 1. The van der Waals surface area contributed by atoms with Gasteiger partial charge in [-0.1, -0.05) is 6.92 Å². The standard InChI is InChI=1S/C18H30N2O3S/c1-6-13-20(7-2)16-10-8-15(9-11-16)17(21)19-12-14-24(22,23)18(3,4)5/h8-11H,6-7,12-14H2,1-5H3,(H,19,21). The Morgan fingerprint density at radius 1 is 1.12 bits per heavy atom. The van der Waals surface area contributed by atoms with Crippen LogP contribution in [-0.4, -0.2) is 44.5 Å². The Balaban J connectivity index is 2.63. The Morgan fingerprint density at radius 3 is 2.17 bits per heavy atom. The molecule has 0 aliphatic heterocycles. The summed E-state index contributed by atoms with van der Waals surface area (Å²) in [5.41, 5.74) is 1.63. The SMILES string of the molecule is CCCN(CC)c1ccc(C(=O)NCCS(=O)(=O)C(C)(C)C)cc1. The first-order valence-electron chi connectivity index (χ1n) is 8.48. The molecule has 0 saturated heterocycles. The summed E-state index contributed by atoms with van der Waals surface area (Å²) in [6.45, 7) is 11.3. The zero-order valence-electron chi connectivity index (χ0n) is 15.4. The molecule has 1 N–H and O–H groups in total. The predicted molar refractivity (Wildman–Crippen MR) is 100 cm³/mol. The van der Waals surface area contributed by atoms with E-state index in [0.29, 0.717) is 5.56 Å². The van der Waals surface area contributed by atoms with Crippen molar-refractivity contribution in [2.24, 2.45) is 0 Å². The average Bonchev–Trinajstić information content (AvgIpc) is 2.51. The minimum absolute atomic E-state index is 0.0551. The molecule has 1 amide bonds. The summed E-state index contributed by atoms with van der Waals surface area (Å²) in [6.07, 6.45) is 1.07. The number of carbonyl (C=O) groups excluding carboxylic acids is 1. The number of benzene rings is 1. The number of sulfone groups is 1. The van der Waals surface area contributed by atoms with E-state index in [-0.39, 0.29) is 18.2 Å². The van der Waals surface area contributed by atoms with Crippen LogP contribution in [0.5, 0.6) is 0 Å². The lowest BCUT2D eigenvalue weighted by molar-refractivity contribution is 0.0956. The van der Waals surface area contributed by atoms with Gasteiger partial charge in [-0.3, -0.25) is 4.79 Å².